The van der Waals surface area contributed by atoms with E-state index in [1.165, 1.54) is 5.56 Å². The number of hydrazone groups is 1. The van der Waals surface area contributed by atoms with Crippen molar-refractivity contribution in [1.82, 2.24) is 5.43 Å². The van der Waals surface area contributed by atoms with Crippen molar-refractivity contribution in [2.24, 2.45) is 5.10 Å². The highest BCUT2D eigenvalue weighted by Gasteiger charge is 2.11. The molecule has 0 atom stereocenters. The van der Waals surface area contributed by atoms with Gasteiger partial charge in [0.25, 0.3) is 5.91 Å². The second kappa shape index (κ2) is 8.52. The first-order valence-electron chi connectivity index (χ1n) is 8.56. The molecule has 0 aliphatic carbocycles. The lowest BCUT2D eigenvalue weighted by Gasteiger charge is -2.14. The Balaban J connectivity index is 1.75. The fourth-order valence-corrected chi connectivity index (χ4v) is 2.72. The summed E-state index contributed by atoms with van der Waals surface area (Å²) in [6, 6.07) is 20.6. The monoisotopic (exact) mass is 377 g/mol. The van der Waals surface area contributed by atoms with Crippen molar-refractivity contribution in [2.45, 2.75) is 13.8 Å². The number of anilines is 2. The first-order chi connectivity index (χ1) is 13.0. The van der Waals surface area contributed by atoms with Gasteiger partial charge in [-0.1, -0.05) is 48.0 Å². The highest BCUT2D eigenvalue weighted by molar-refractivity contribution is 6.30. The number of aryl methyl sites for hydroxylation is 1. The SMILES string of the molecule is Cc1cccc(Nc2ccccc2C(=O)N/N=C/c2ccc(Cl)cc2)c1C. The number of halogens is 1. The summed E-state index contributed by atoms with van der Waals surface area (Å²) in [5, 5.41) is 8.04. The zero-order chi connectivity index (χ0) is 19.2. The third-order valence-corrected chi connectivity index (χ3v) is 4.55. The summed E-state index contributed by atoms with van der Waals surface area (Å²) in [6.45, 7) is 4.11. The minimum atomic E-state index is -0.284. The maximum atomic E-state index is 12.6. The number of nitrogens with one attached hydrogen (secondary N) is 2. The van der Waals surface area contributed by atoms with Gasteiger partial charge >= 0.3 is 0 Å². The van der Waals surface area contributed by atoms with Crippen LogP contribution in [0.2, 0.25) is 5.02 Å². The Labute approximate surface area is 163 Å². The lowest BCUT2D eigenvalue weighted by molar-refractivity contribution is 0.0956. The van der Waals surface area contributed by atoms with Gasteiger partial charge in [-0.15, -0.1) is 0 Å². The molecule has 2 N–H and O–H groups in total. The Morgan fingerprint density at radius 2 is 1.63 bits per heavy atom. The predicted octanol–water partition coefficient (Wildman–Crippen LogP) is 5.46. The molecule has 0 saturated carbocycles. The summed E-state index contributed by atoms with van der Waals surface area (Å²) in [5.41, 5.74) is 7.98. The van der Waals surface area contributed by atoms with E-state index < -0.39 is 0 Å². The van der Waals surface area contributed by atoms with E-state index in [0.29, 0.717) is 10.6 Å². The minimum absolute atomic E-state index is 0.284. The Hall–Kier alpha value is -3.11. The zero-order valence-electron chi connectivity index (χ0n) is 15.2. The first kappa shape index (κ1) is 18.7. The van der Waals surface area contributed by atoms with Crippen LogP contribution in [0.25, 0.3) is 0 Å². The van der Waals surface area contributed by atoms with Crippen LogP contribution in [0, 0.1) is 13.8 Å². The number of amides is 1. The third kappa shape index (κ3) is 4.74. The van der Waals surface area contributed by atoms with Crippen molar-refractivity contribution in [3.8, 4) is 0 Å². The normalized spacial score (nSPS) is 10.8. The lowest BCUT2D eigenvalue weighted by atomic mass is 10.1. The van der Waals surface area contributed by atoms with E-state index in [4.69, 9.17) is 11.6 Å². The van der Waals surface area contributed by atoms with Crippen LogP contribution in [0.4, 0.5) is 11.4 Å². The molecule has 0 unspecified atom stereocenters. The fraction of sp³-hybridized carbons (Fsp3) is 0.0909. The van der Waals surface area contributed by atoms with Crippen LogP contribution in [-0.2, 0) is 0 Å². The molecule has 0 saturated heterocycles. The number of rotatable bonds is 5. The molecule has 0 bridgehead atoms. The standard InChI is InChI=1S/C22H20ClN3O/c1-15-6-5-9-20(16(15)2)25-21-8-4-3-7-19(21)22(27)26-24-14-17-10-12-18(23)13-11-17/h3-14,25H,1-2H3,(H,26,27)/b24-14+. The van der Waals surface area contributed by atoms with Gasteiger partial charge in [-0.2, -0.15) is 5.10 Å². The lowest BCUT2D eigenvalue weighted by Crippen LogP contribution is -2.19. The number of nitrogens with zero attached hydrogens (tertiary/aromatic N) is 1. The molecule has 0 spiro atoms. The summed E-state index contributed by atoms with van der Waals surface area (Å²) in [5.74, 6) is -0.284. The Morgan fingerprint density at radius 1 is 0.926 bits per heavy atom. The molecule has 4 nitrogen and oxygen atoms in total. The van der Waals surface area contributed by atoms with Crippen LogP contribution >= 0.6 is 11.6 Å². The first-order valence-corrected chi connectivity index (χ1v) is 8.93. The molecule has 0 aliphatic heterocycles. The molecule has 5 heteroatoms. The second-order valence-corrected chi connectivity index (χ2v) is 6.61. The Morgan fingerprint density at radius 3 is 2.41 bits per heavy atom. The van der Waals surface area contributed by atoms with Crippen molar-refractivity contribution in [3.05, 3.63) is 94.0 Å². The summed E-state index contributed by atoms with van der Waals surface area (Å²) < 4.78 is 0. The van der Waals surface area contributed by atoms with Crippen LogP contribution in [0.3, 0.4) is 0 Å². The summed E-state index contributed by atoms with van der Waals surface area (Å²) in [4.78, 5) is 12.6. The van der Waals surface area contributed by atoms with E-state index in [1.807, 2.05) is 42.5 Å². The Kier molecular flexibility index (Phi) is 5.89. The predicted molar refractivity (Wildman–Crippen MR) is 112 cm³/mol. The molecular formula is C22H20ClN3O. The highest BCUT2D eigenvalue weighted by Crippen LogP contribution is 2.25. The highest BCUT2D eigenvalue weighted by atomic mass is 35.5. The summed E-state index contributed by atoms with van der Waals surface area (Å²) >= 11 is 5.86. The maximum Gasteiger partial charge on any atom is 0.273 e. The molecule has 27 heavy (non-hydrogen) atoms. The van der Waals surface area contributed by atoms with Crippen LogP contribution in [-0.4, -0.2) is 12.1 Å². The van der Waals surface area contributed by atoms with Gasteiger partial charge in [0, 0.05) is 10.7 Å². The number of carbonyl (C=O) groups excluding carboxylic acids is 1. The van der Waals surface area contributed by atoms with Gasteiger partial charge in [0.05, 0.1) is 17.5 Å². The summed E-state index contributed by atoms with van der Waals surface area (Å²) in [6.07, 6.45) is 1.58. The van der Waals surface area contributed by atoms with Crippen LogP contribution in [0.15, 0.2) is 71.8 Å². The molecule has 3 aromatic carbocycles. The van der Waals surface area contributed by atoms with Gasteiger partial charge in [0.2, 0.25) is 0 Å². The van der Waals surface area contributed by atoms with Crippen molar-refractivity contribution in [2.75, 3.05) is 5.32 Å². The molecule has 0 aliphatic rings. The molecule has 0 radical (unpaired) electrons. The molecule has 0 heterocycles. The second-order valence-electron chi connectivity index (χ2n) is 6.17. The molecule has 0 aromatic heterocycles. The molecule has 136 valence electrons. The molecule has 0 fully saturated rings. The molecule has 1 amide bonds. The molecule has 3 rings (SSSR count). The van der Waals surface area contributed by atoms with Crippen LogP contribution in [0.5, 0.6) is 0 Å². The Bertz CT molecular complexity index is 981. The maximum absolute atomic E-state index is 12.6. The summed E-state index contributed by atoms with van der Waals surface area (Å²) in [7, 11) is 0. The van der Waals surface area contributed by atoms with Gasteiger partial charge in [0.15, 0.2) is 0 Å². The number of benzene rings is 3. The van der Waals surface area contributed by atoms with E-state index in [-0.39, 0.29) is 5.91 Å². The quantitative estimate of drug-likeness (QED) is 0.458. The average molecular weight is 378 g/mol. The van der Waals surface area contributed by atoms with Crippen molar-refractivity contribution in [1.29, 1.82) is 0 Å². The average Bonchev–Trinajstić information content (AvgIpc) is 2.67. The van der Waals surface area contributed by atoms with Gasteiger partial charge in [0.1, 0.15) is 0 Å². The third-order valence-electron chi connectivity index (χ3n) is 4.30. The van der Waals surface area contributed by atoms with Gasteiger partial charge in [-0.25, -0.2) is 5.43 Å². The number of hydrogen-bond acceptors (Lipinski definition) is 3. The van der Waals surface area contributed by atoms with E-state index in [9.17, 15) is 4.79 Å². The number of carbonyl (C=O) groups is 1. The van der Waals surface area contributed by atoms with E-state index >= 15 is 0 Å². The van der Waals surface area contributed by atoms with Crippen molar-refractivity contribution >= 4 is 35.1 Å². The van der Waals surface area contributed by atoms with E-state index in [0.717, 1.165) is 22.5 Å². The topological polar surface area (TPSA) is 53.5 Å². The molecule has 3 aromatic rings. The number of hydrogen-bond donors (Lipinski definition) is 2. The van der Waals surface area contributed by atoms with E-state index in [2.05, 4.69) is 35.8 Å². The van der Waals surface area contributed by atoms with Crippen LogP contribution in [0.1, 0.15) is 27.0 Å². The zero-order valence-corrected chi connectivity index (χ0v) is 15.9. The van der Waals surface area contributed by atoms with Gasteiger partial charge < -0.3 is 5.32 Å². The van der Waals surface area contributed by atoms with Crippen LogP contribution < -0.4 is 10.7 Å². The van der Waals surface area contributed by atoms with Gasteiger partial charge in [-0.05, 0) is 60.9 Å². The molecular weight excluding hydrogens is 358 g/mol. The smallest absolute Gasteiger partial charge is 0.273 e. The largest absolute Gasteiger partial charge is 0.355 e. The van der Waals surface area contributed by atoms with E-state index in [1.54, 1.807) is 24.4 Å². The minimum Gasteiger partial charge on any atom is -0.355 e. The van der Waals surface area contributed by atoms with Gasteiger partial charge in [-0.3, -0.25) is 4.79 Å². The van der Waals surface area contributed by atoms with Crippen molar-refractivity contribution in [3.63, 3.8) is 0 Å². The van der Waals surface area contributed by atoms with Crippen molar-refractivity contribution < 1.29 is 4.79 Å². The number of para-hydroxylation sites is 1. The fourth-order valence-electron chi connectivity index (χ4n) is 2.60.